The number of halogens is 1. The Labute approximate surface area is 132 Å². The van der Waals surface area contributed by atoms with Crippen molar-refractivity contribution in [1.29, 1.82) is 0 Å². The van der Waals surface area contributed by atoms with Crippen molar-refractivity contribution in [2.45, 2.75) is 12.5 Å². The Kier molecular flexibility index (Phi) is 3.83. The summed E-state index contributed by atoms with van der Waals surface area (Å²) in [5.41, 5.74) is 2.36. The molecule has 4 heteroatoms. The van der Waals surface area contributed by atoms with E-state index in [0.29, 0.717) is 12.5 Å². The summed E-state index contributed by atoms with van der Waals surface area (Å²) in [6.45, 7) is 2.49. The van der Waals surface area contributed by atoms with Gasteiger partial charge in [-0.1, -0.05) is 34.1 Å². The van der Waals surface area contributed by atoms with E-state index in [1.165, 1.54) is 0 Å². The highest BCUT2D eigenvalue weighted by atomic mass is 79.9. The lowest BCUT2D eigenvalue weighted by atomic mass is 9.93. The number of nitrogens with zero attached hydrogens (tertiary/aromatic N) is 1. The largest absolute Gasteiger partial charge is 0.463 e. The lowest BCUT2D eigenvalue weighted by molar-refractivity contribution is -0.0108. The second-order valence-corrected chi connectivity index (χ2v) is 6.13. The first-order valence-corrected chi connectivity index (χ1v) is 7.54. The molecule has 3 nitrogen and oxygen atoms in total. The van der Waals surface area contributed by atoms with Crippen LogP contribution < -0.4 is 0 Å². The number of aliphatic imine (C=N–C) groups is 1. The normalized spacial score (nSPS) is 20.4. The van der Waals surface area contributed by atoms with Gasteiger partial charge in [-0.3, -0.25) is 0 Å². The van der Waals surface area contributed by atoms with Crippen LogP contribution in [0.5, 0.6) is 0 Å². The molecule has 1 atom stereocenters. The molecule has 0 saturated carbocycles. The molecule has 21 heavy (non-hydrogen) atoms. The molecule has 1 aliphatic rings. The van der Waals surface area contributed by atoms with Crippen molar-refractivity contribution in [3.8, 4) is 0 Å². The van der Waals surface area contributed by atoms with Gasteiger partial charge in [0.1, 0.15) is 0 Å². The van der Waals surface area contributed by atoms with Crippen LogP contribution in [0.1, 0.15) is 18.1 Å². The number of ether oxygens (including phenoxy) is 2. The third-order valence-electron chi connectivity index (χ3n) is 3.51. The molecular weight excluding hydrogens is 330 g/mol. The van der Waals surface area contributed by atoms with E-state index >= 15 is 0 Å². The second kappa shape index (κ2) is 5.62. The predicted molar refractivity (Wildman–Crippen MR) is 87.1 cm³/mol. The lowest BCUT2D eigenvalue weighted by Gasteiger charge is -2.35. The maximum atomic E-state index is 6.19. The average Bonchev–Trinajstić information content (AvgIpc) is 2.49. The van der Waals surface area contributed by atoms with E-state index < -0.39 is 5.60 Å². The van der Waals surface area contributed by atoms with Crippen molar-refractivity contribution in [2.75, 3.05) is 13.7 Å². The minimum absolute atomic E-state index is 0.461. The zero-order chi connectivity index (χ0) is 14.9. The maximum absolute atomic E-state index is 6.19. The van der Waals surface area contributed by atoms with Gasteiger partial charge in [0.25, 0.3) is 0 Å². The van der Waals surface area contributed by atoms with Crippen molar-refractivity contribution < 1.29 is 9.47 Å². The van der Waals surface area contributed by atoms with Gasteiger partial charge in [-0.05, 0) is 37.3 Å². The molecule has 1 heterocycles. The minimum Gasteiger partial charge on any atom is -0.463 e. The van der Waals surface area contributed by atoms with Gasteiger partial charge in [-0.2, -0.15) is 0 Å². The molecule has 0 aromatic heterocycles. The van der Waals surface area contributed by atoms with E-state index in [1.54, 1.807) is 7.11 Å². The van der Waals surface area contributed by atoms with E-state index in [-0.39, 0.29) is 0 Å². The Morgan fingerprint density at radius 3 is 2.67 bits per heavy atom. The molecule has 3 rings (SSSR count). The number of hydrogen-bond acceptors (Lipinski definition) is 3. The van der Waals surface area contributed by atoms with Crippen molar-refractivity contribution in [1.82, 2.24) is 0 Å². The van der Waals surface area contributed by atoms with Crippen LogP contribution in [0, 0.1) is 0 Å². The summed E-state index contributed by atoms with van der Waals surface area (Å²) < 4.78 is 12.6. The smallest absolute Gasteiger partial charge is 0.222 e. The van der Waals surface area contributed by atoms with Crippen molar-refractivity contribution in [3.63, 3.8) is 0 Å². The zero-order valence-corrected chi connectivity index (χ0v) is 13.6. The van der Waals surface area contributed by atoms with E-state index in [9.17, 15) is 0 Å². The summed E-state index contributed by atoms with van der Waals surface area (Å²) in [7, 11) is 1.68. The standard InChI is InChI=1S/C17H16BrNO2/c1-17(11-20-2)14-10-13(18)8-9-15(14)19-16(21-17)12-6-4-3-5-7-12/h3-10H,11H2,1-2H3. The monoisotopic (exact) mass is 345 g/mol. The van der Waals surface area contributed by atoms with E-state index in [0.717, 1.165) is 21.3 Å². The number of benzene rings is 2. The molecular formula is C17H16BrNO2. The Bertz CT molecular complexity index is 684. The summed E-state index contributed by atoms with van der Waals surface area (Å²) in [5, 5.41) is 0. The number of fused-ring (bicyclic) bond motifs is 1. The highest BCUT2D eigenvalue weighted by Gasteiger charge is 2.36. The highest BCUT2D eigenvalue weighted by Crippen LogP contribution is 2.40. The van der Waals surface area contributed by atoms with Gasteiger partial charge in [-0.25, -0.2) is 4.99 Å². The molecule has 0 bridgehead atoms. The average molecular weight is 346 g/mol. The van der Waals surface area contributed by atoms with Crippen LogP contribution in [-0.2, 0) is 15.1 Å². The SMILES string of the molecule is COCC1(C)OC(c2ccccc2)=Nc2ccc(Br)cc21. The first-order valence-electron chi connectivity index (χ1n) is 6.74. The number of hydrogen-bond donors (Lipinski definition) is 0. The molecule has 0 fully saturated rings. The van der Waals surface area contributed by atoms with Crippen LogP contribution in [0.3, 0.4) is 0 Å². The van der Waals surface area contributed by atoms with Crippen molar-refractivity contribution in [3.05, 3.63) is 64.1 Å². The van der Waals surface area contributed by atoms with Gasteiger partial charge in [0.2, 0.25) is 5.90 Å². The van der Waals surface area contributed by atoms with Gasteiger partial charge < -0.3 is 9.47 Å². The summed E-state index contributed by atoms with van der Waals surface area (Å²) in [6.07, 6.45) is 0. The summed E-state index contributed by atoms with van der Waals surface area (Å²) in [4.78, 5) is 4.65. The molecule has 2 aromatic rings. The highest BCUT2D eigenvalue weighted by molar-refractivity contribution is 9.10. The van der Waals surface area contributed by atoms with E-state index in [1.807, 2.05) is 55.5 Å². The zero-order valence-electron chi connectivity index (χ0n) is 12.0. The Morgan fingerprint density at radius 1 is 1.19 bits per heavy atom. The third-order valence-corrected chi connectivity index (χ3v) is 4.01. The molecule has 2 aromatic carbocycles. The molecule has 0 N–H and O–H groups in total. The number of methoxy groups -OCH3 is 1. The molecule has 1 aliphatic heterocycles. The quantitative estimate of drug-likeness (QED) is 0.824. The topological polar surface area (TPSA) is 30.8 Å². The van der Waals surface area contributed by atoms with Crippen molar-refractivity contribution in [2.24, 2.45) is 4.99 Å². The Balaban J connectivity index is 2.13. The van der Waals surface area contributed by atoms with Crippen molar-refractivity contribution >= 4 is 27.5 Å². The fourth-order valence-electron chi connectivity index (χ4n) is 2.52. The Morgan fingerprint density at radius 2 is 1.95 bits per heavy atom. The van der Waals surface area contributed by atoms with Gasteiger partial charge in [-0.15, -0.1) is 0 Å². The first-order chi connectivity index (χ1) is 10.1. The molecule has 1 unspecified atom stereocenters. The van der Waals surface area contributed by atoms with Crippen LogP contribution in [0.4, 0.5) is 5.69 Å². The lowest BCUT2D eigenvalue weighted by Crippen LogP contribution is -2.36. The summed E-state index contributed by atoms with van der Waals surface area (Å²) >= 11 is 3.51. The molecule has 0 saturated heterocycles. The fourth-order valence-corrected chi connectivity index (χ4v) is 2.88. The van der Waals surface area contributed by atoms with Crippen LogP contribution in [0.15, 0.2) is 58.0 Å². The predicted octanol–water partition coefficient (Wildman–Crippen LogP) is 4.42. The fraction of sp³-hybridized carbons (Fsp3) is 0.235. The first kappa shape index (κ1) is 14.3. The Hall–Kier alpha value is -1.65. The van der Waals surface area contributed by atoms with E-state index in [2.05, 4.69) is 20.9 Å². The van der Waals surface area contributed by atoms with Crippen LogP contribution in [0.2, 0.25) is 0 Å². The molecule has 108 valence electrons. The number of rotatable bonds is 3. The maximum Gasteiger partial charge on any atom is 0.222 e. The molecule has 0 radical (unpaired) electrons. The second-order valence-electron chi connectivity index (χ2n) is 5.21. The van der Waals surface area contributed by atoms with Gasteiger partial charge in [0.05, 0.1) is 12.3 Å². The van der Waals surface area contributed by atoms with Crippen LogP contribution in [0.25, 0.3) is 0 Å². The summed E-state index contributed by atoms with van der Waals surface area (Å²) in [6, 6.07) is 16.0. The van der Waals surface area contributed by atoms with E-state index in [4.69, 9.17) is 9.47 Å². The molecule has 0 amide bonds. The summed E-state index contributed by atoms with van der Waals surface area (Å²) in [5.74, 6) is 0.630. The molecule has 0 spiro atoms. The van der Waals surface area contributed by atoms with Gasteiger partial charge in [0, 0.05) is 22.7 Å². The van der Waals surface area contributed by atoms with Gasteiger partial charge in [0.15, 0.2) is 5.60 Å². The third kappa shape index (κ3) is 2.74. The van der Waals surface area contributed by atoms with Crippen LogP contribution >= 0.6 is 15.9 Å². The minimum atomic E-state index is -0.555. The van der Waals surface area contributed by atoms with Crippen LogP contribution in [-0.4, -0.2) is 19.6 Å². The van der Waals surface area contributed by atoms with Gasteiger partial charge >= 0.3 is 0 Å². The molecule has 0 aliphatic carbocycles.